The third-order valence-electron chi connectivity index (χ3n) is 2.50. The molecule has 18 heavy (non-hydrogen) atoms. The highest BCUT2D eigenvalue weighted by molar-refractivity contribution is 6.29. The monoisotopic (exact) mass is 260 g/mol. The molecule has 0 aliphatic heterocycles. The summed E-state index contributed by atoms with van der Waals surface area (Å²) in [6, 6.07) is 10.9. The summed E-state index contributed by atoms with van der Waals surface area (Å²) in [6.07, 6.45) is 0. The average Bonchev–Trinajstić information content (AvgIpc) is 2.28. The molecule has 2 aromatic rings. The lowest BCUT2D eigenvalue weighted by Crippen LogP contribution is -1.96. The van der Waals surface area contributed by atoms with Gasteiger partial charge in [0, 0.05) is 11.3 Å². The van der Waals surface area contributed by atoms with E-state index >= 15 is 0 Å². The number of Topliss-reactive ketones (excluding diaryl/α,β-unsaturated/α-hetero) is 1. The molecule has 0 amide bonds. The zero-order chi connectivity index (χ0) is 13.1. The Hall–Kier alpha value is -1.87. The van der Waals surface area contributed by atoms with Gasteiger partial charge in [-0.15, -0.1) is 0 Å². The molecule has 1 heterocycles. The summed E-state index contributed by atoms with van der Waals surface area (Å²) in [5, 5.41) is 3.60. The van der Waals surface area contributed by atoms with Gasteiger partial charge in [0.25, 0.3) is 0 Å². The van der Waals surface area contributed by atoms with Crippen molar-refractivity contribution in [2.75, 3.05) is 5.32 Å². The number of carbonyl (C=O) groups is 1. The van der Waals surface area contributed by atoms with E-state index in [4.69, 9.17) is 11.6 Å². The SMILES string of the molecule is CC(=O)c1ccc(Nc2cc(C)cc(Cl)n2)cc1. The molecule has 0 atom stereocenters. The number of anilines is 2. The second-order valence-corrected chi connectivity index (χ2v) is 4.50. The summed E-state index contributed by atoms with van der Waals surface area (Å²) < 4.78 is 0. The van der Waals surface area contributed by atoms with Crippen molar-refractivity contribution < 1.29 is 4.79 Å². The van der Waals surface area contributed by atoms with Gasteiger partial charge in [0.05, 0.1) is 0 Å². The molecule has 0 aliphatic carbocycles. The van der Waals surface area contributed by atoms with Crippen LogP contribution in [0.15, 0.2) is 36.4 Å². The van der Waals surface area contributed by atoms with Crippen LogP contribution in [-0.2, 0) is 0 Å². The number of aromatic nitrogens is 1. The van der Waals surface area contributed by atoms with Gasteiger partial charge in [0.2, 0.25) is 0 Å². The molecule has 3 nitrogen and oxygen atoms in total. The van der Waals surface area contributed by atoms with Crippen LogP contribution in [0, 0.1) is 6.92 Å². The third kappa shape index (κ3) is 3.08. The third-order valence-corrected chi connectivity index (χ3v) is 2.70. The van der Waals surface area contributed by atoms with Crippen LogP contribution in [0.2, 0.25) is 5.15 Å². The summed E-state index contributed by atoms with van der Waals surface area (Å²) in [4.78, 5) is 15.3. The van der Waals surface area contributed by atoms with Gasteiger partial charge >= 0.3 is 0 Å². The summed E-state index contributed by atoms with van der Waals surface area (Å²) in [7, 11) is 0. The Morgan fingerprint density at radius 2 is 1.89 bits per heavy atom. The average molecular weight is 261 g/mol. The smallest absolute Gasteiger partial charge is 0.159 e. The Bertz CT molecular complexity index is 559. The molecular weight excluding hydrogens is 248 g/mol. The molecule has 0 radical (unpaired) electrons. The number of halogens is 1. The Labute approximate surface area is 111 Å². The fourth-order valence-corrected chi connectivity index (χ4v) is 1.89. The molecule has 0 fully saturated rings. The standard InChI is InChI=1S/C14H13ClN2O/c1-9-7-13(15)17-14(8-9)16-12-5-3-11(4-6-12)10(2)18/h3-8H,1-2H3,(H,16,17). The Morgan fingerprint density at radius 3 is 2.44 bits per heavy atom. The maximum absolute atomic E-state index is 11.2. The highest BCUT2D eigenvalue weighted by atomic mass is 35.5. The summed E-state index contributed by atoms with van der Waals surface area (Å²) in [5.41, 5.74) is 2.60. The molecule has 1 N–H and O–H groups in total. The second kappa shape index (κ2) is 5.19. The maximum atomic E-state index is 11.2. The summed E-state index contributed by atoms with van der Waals surface area (Å²) in [6.45, 7) is 3.50. The van der Waals surface area contributed by atoms with Crippen molar-refractivity contribution in [3.8, 4) is 0 Å². The lowest BCUT2D eigenvalue weighted by atomic mass is 10.1. The van der Waals surface area contributed by atoms with Gasteiger partial charge in [-0.25, -0.2) is 4.98 Å². The molecule has 0 unspecified atom stereocenters. The topological polar surface area (TPSA) is 42.0 Å². The van der Waals surface area contributed by atoms with Gasteiger partial charge in [-0.05, 0) is 55.8 Å². The zero-order valence-corrected chi connectivity index (χ0v) is 11.0. The van der Waals surface area contributed by atoms with E-state index in [1.54, 1.807) is 25.1 Å². The first kappa shape index (κ1) is 12.6. The fraction of sp³-hybridized carbons (Fsp3) is 0.143. The Kier molecular flexibility index (Phi) is 3.63. The number of hydrogen-bond donors (Lipinski definition) is 1. The van der Waals surface area contributed by atoms with Crippen LogP contribution in [0.5, 0.6) is 0 Å². The number of nitrogens with one attached hydrogen (secondary N) is 1. The quantitative estimate of drug-likeness (QED) is 0.670. The maximum Gasteiger partial charge on any atom is 0.159 e. The molecule has 0 bridgehead atoms. The van der Waals surface area contributed by atoms with Crippen LogP contribution in [0.1, 0.15) is 22.8 Å². The lowest BCUT2D eigenvalue weighted by Gasteiger charge is -2.07. The highest BCUT2D eigenvalue weighted by Gasteiger charge is 2.01. The largest absolute Gasteiger partial charge is 0.340 e. The molecule has 2 rings (SSSR count). The van der Waals surface area contributed by atoms with Crippen molar-refractivity contribution in [2.45, 2.75) is 13.8 Å². The first-order valence-corrected chi connectivity index (χ1v) is 5.94. The van der Waals surface area contributed by atoms with Gasteiger partial charge in [0.1, 0.15) is 11.0 Å². The molecule has 4 heteroatoms. The van der Waals surface area contributed by atoms with Gasteiger partial charge in [-0.1, -0.05) is 11.6 Å². The van der Waals surface area contributed by atoms with Crippen molar-refractivity contribution in [2.24, 2.45) is 0 Å². The van der Waals surface area contributed by atoms with Crippen LogP contribution in [0.25, 0.3) is 0 Å². The Morgan fingerprint density at radius 1 is 1.22 bits per heavy atom. The molecular formula is C14H13ClN2O. The van der Waals surface area contributed by atoms with Crippen molar-refractivity contribution in [3.05, 3.63) is 52.7 Å². The molecule has 1 aromatic carbocycles. The van der Waals surface area contributed by atoms with Crippen LogP contribution in [0.4, 0.5) is 11.5 Å². The number of nitrogens with zero attached hydrogens (tertiary/aromatic N) is 1. The van der Waals surface area contributed by atoms with E-state index in [-0.39, 0.29) is 5.78 Å². The van der Waals surface area contributed by atoms with Crippen molar-refractivity contribution in [1.82, 2.24) is 4.98 Å². The van der Waals surface area contributed by atoms with Gasteiger partial charge in [-0.3, -0.25) is 4.79 Å². The van der Waals surface area contributed by atoms with Gasteiger partial charge in [0.15, 0.2) is 5.78 Å². The molecule has 0 saturated heterocycles. The highest BCUT2D eigenvalue weighted by Crippen LogP contribution is 2.19. The second-order valence-electron chi connectivity index (χ2n) is 4.11. The number of pyridine rings is 1. The number of aryl methyl sites for hydroxylation is 1. The molecule has 92 valence electrons. The number of carbonyl (C=O) groups excluding carboxylic acids is 1. The minimum Gasteiger partial charge on any atom is -0.340 e. The number of hydrogen-bond acceptors (Lipinski definition) is 3. The van der Waals surface area contributed by atoms with Gasteiger partial charge < -0.3 is 5.32 Å². The minimum absolute atomic E-state index is 0.0540. The predicted octanol–water partition coefficient (Wildman–Crippen LogP) is 3.99. The van der Waals surface area contributed by atoms with E-state index in [1.165, 1.54) is 0 Å². The molecule has 0 aliphatic rings. The van der Waals surface area contributed by atoms with Crippen molar-refractivity contribution in [3.63, 3.8) is 0 Å². The molecule has 1 aromatic heterocycles. The lowest BCUT2D eigenvalue weighted by molar-refractivity contribution is 0.101. The van der Waals surface area contributed by atoms with E-state index in [2.05, 4.69) is 10.3 Å². The van der Waals surface area contributed by atoms with E-state index < -0.39 is 0 Å². The first-order valence-electron chi connectivity index (χ1n) is 5.57. The molecule has 0 saturated carbocycles. The van der Waals surface area contributed by atoms with Crippen LogP contribution >= 0.6 is 11.6 Å². The van der Waals surface area contributed by atoms with Crippen LogP contribution < -0.4 is 5.32 Å². The zero-order valence-electron chi connectivity index (χ0n) is 10.2. The van der Waals surface area contributed by atoms with Crippen molar-refractivity contribution in [1.29, 1.82) is 0 Å². The minimum atomic E-state index is 0.0540. The number of ketones is 1. The predicted molar refractivity (Wildman–Crippen MR) is 73.7 cm³/mol. The van der Waals surface area contributed by atoms with Crippen molar-refractivity contribution >= 4 is 28.9 Å². The fourth-order valence-electron chi connectivity index (χ4n) is 1.62. The summed E-state index contributed by atoms with van der Waals surface area (Å²) in [5.74, 6) is 0.744. The Balaban J connectivity index is 2.20. The van der Waals surface area contributed by atoms with E-state index in [0.717, 1.165) is 11.3 Å². The van der Waals surface area contributed by atoms with E-state index in [1.807, 2.05) is 25.1 Å². The summed E-state index contributed by atoms with van der Waals surface area (Å²) >= 11 is 5.89. The normalized spacial score (nSPS) is 10.2. The van der Waals surface area contributed by atoms with E-state index in [9.17, 15) is 4.79 Å². The van der Waals surface area contributed by atoms with Crippen LogP contribution in [0.3, 0.4) is 0 Å². The number of rotatable bonds is 3. The van der Waals surface area contributed by atoms with Crippen LogP contribution in [-0.4, -0.2) is 10.8 Å². The first-order chi connectivity index (χ1) is 8.54. The number of benzene rings is 1. The molecule has 0 spiro atoms. The van der Waals surface area contributed by atoms with E-state index in [0.29, 0.717) is 16.5 Å². The van der Waals surface area contributed by atoms with Gasteiger partial charge in [-0.2, -0.15) is 0 Å².